The summed E-state index contributed by atoms with van der Waals surface area (Å²) in [4.78, 5) is 4.51. The first-order valence-corrected chi connectivity index (χ1v) is 6.47. The Morgan fingerprint density at radius 1 is 1.25 bits per heavy atom. The second kappa shape index (κ2) is 5.53. The van der Waals surface area contributed by atoms with E-state index in [0.29, 0.717) is 12.0 Å². The fourth-order valence-corrected chi connectivity index (χ4v) is 2.56. The molecule has 2 fully saturated rings. The maximum absolute atomic E-state index is 5.93. The van der Waals surface area contributed by atoms with E-state index in [-0.39, 0.29) is 12.1 Å². The highest BCUT2D eigenvalue weighted by atomic mass is 16.5. The molecular weight excluding hydrogens is 202 g/mol. The quantitative estimate of drug-likeness (QED) is 0.551. The molecule has 1 aliphatic heterocycles. The van der Waals surface area contributed by atoms with Gasteiger partial charge in [-0.05, 0) is 26.2 Å². The summed E-state index contributed by atoms with van der Waals surface area (Å²) in [5.74, 6) is 0.606. The van der Waals surface area contributed by atoms with Gasteiger partial charge in [0, 0.05) is 12.6 Å². The fraction of sp³-hybridized carbons (Fsp3) is 0.917. The van der Waals surface area contributed by atoms with Crippen LogP contribution in [0.25, 0.3) is 0 Å². The van der Waals surface area contributed by atoms with Crippen LogP contribution in [-0.4, -0.2) is 30.8 Å². The zero-order valence-electron chi connectivity index (χ0n) is 10.1. The van der Waals surface area contributed by atoms with Gasteiger partial charge in [-0.2, -0.15) is 0 Å². The van der Waals surface area contributed by atoms with Gasteiger partial charge in [0.1, 0.15) is 0 Å². The van der Waals surface area contributed by atoms with Crippen molar-refractivity contribution in [3.05, 3.63) is 0 Å². The van der Waals surface area contributed by atoms with Crippen LogP contribution in [0.3, 0.4) is 0 Å². The van der Waals surface area contributed by atoms with Crippen molar-refractivity contribution in [1.29, 1.82) is 0 Å². The Balaban J connectivity index is 1.81. The molecule has 0 amide bonds. The molecule has 1 heterocycles. The number of rotatable bonds is 2. The van der Waals surface area contributed by atoms with Crippen LogP contribution in [-0.2, 0) is 4.74 Å². The summed E-state index contributed by atoms with van der Waals surface area (Å²) in [5.41, 5.74) is 5.93. The van der Waals surface area contributed by atoms with E-state index in [2.05, 4.69) is 17.2 Å². The number of nitrogens with two attached hydrogens (primary N) is 1. The van der Waals surface area contributed by atoms with Gasteiger partial charge < -0.3 is 15.8 Å². The second-order valence-electron chi connectivity index (χ2n) is 4.93. The minimum absolute atomic E-state index is 0.215. The topological polar surface area (TPSA) is 59.6 Å². The molecule has 0 aromatic carbocycles. The first-order chi connectivity index (χ1) is 7.75. The van der Waals surface area contributed by atoms with Gasteiger partial charge in [-0.15, -0.1) is 0 Å². The van der Waals surface area contributed by atoms with Crippen molar-refractivity contribution in [3.63, 3.8) is 0 Å². The van der Waals surface area contributed by atoms with Crippen LogP contribution in [0.5, 0.6) is 0 Å². The number of nitrogens with one attached hydrogen (secondary N) is 1. The number of guanidine groups is 1. The number of hydrogen-bond donors (Lipinski definition) is 2. The van der Waals surface area contributed by atoms with Crippen molar-refractivity contribution in [2.24, 2.45) is 10.7 Å². The van der Waals surface area contributed by atoms with Gasteiger partial charge in [0.15, 0.2) is 5.96 Å². The van der Waals surface area contributed by atoms with E-state index in [1.54, 1.807) is 0 Å². The highest BCUT2D eigenvalue weighted by molar-refractivity contribution is 5.78. The van der Waals surface area contributed by atoms with Gasteiger partial charge in [-0.25, -0.2) is 4.99 Å². The predicted molar refractivity (Wildman–Crippen MR) is 65.5 cm³/mol. The summed E-state index contributed by atoms with van der Waals surface area (Å²) in [6.07, 6.45) is 7.66. The van der Waals surface area contributed by atoms with E-state index < -0.39 is 0 Å². The van der Waals surface area contributed by atoms with Crippen LogP contribution in [0.4, 0.5) is 0 Å². The molecule has 4 nitrogen and oxygen atoms in total. The molecule has 3 N–H and O–H groups in total. The molecule has 1 saturated heterocycles. The van der Waals surface area contributed by atoms with Crippen molar-refractivity contribution in [2.75, 3.05) is 6.61 Å². The molecule has 16 heavy (non-hydrogen) atoms. The summed E-state index contributed by atoms with van der Waals surface area (Å²) in [6, 6.07) is 0.784. The Bertz CT molecular complexity index is 249. The van der Waals surface area contributed by atoms with Crippen LogP contribution in [0.1, 0.15) is 45.4 Å². The highest BCUT2D eigenvalue weighted by Crippen LogP contribution is 2.18. The largest absolute Gasteiger partial charge is 0.376 e. The highest BCUT2D eigenvalue weighted by Gasteiger charge is 2.24. The zero-order chi connectivity index (χ0) is 11.4. The normalized spacial score (nSPS) is 32.9. The Labute approximate surface area is 97.6 Å². The van der Waals surface area contributed by atoms with Gasteiger partial charge >= 0.3 is 0 Å². The zero-order valence-corrected chi connectivity index (χ0v) is 10.1. The molecule has 2 aliphatic rings. The van der Waals surface area contributed by atoms with Crippen molar-refractivity contribution in [2.45, 2.75) is 63.6 Å². The Morgan fingerprint density at radius 3 is 2.62 bits per heavy atom. The van der Waals surface area contributed by atoms with Crippen LogP contribution in [0, 0.1) is 0 Å². The van der Waals surface area contributed by atoms with E-state index in [9.17, 15) is 0 Å². The van der Waals surface area contributed by atoms with Gasteiger partial charge in [0.05, 0.1) is 12.1 Å². The summed E-state index contributed by atoms with van der Waals surface area (Å²) in [7, 11) is 0. The first-order valence-electron chi connectivity index (χ1n) is 6.47. The van der Waals surface area contributed by atoms with Gasteiger partial charge in [0.2, 0.25) is 0 Å². The lowest BCUT2D eigenvalue weighted by atomic mass is 9.96. The number of ether oxygens (including phenoxy) is 1. The number of hydrogen-bond acceptors (Lipinski definition) is 2. The van der Waals surface area contributed by atoms with Crippen molar-refractivity contribution >= 4 is 5.96 Å². The molecule has 0 aromatic heterocycles. The Hall–Kier alpha value is -0.770. The van der Waals surface area contributed by atoms with E-state index >= 15 is 0 Å². The lowest BCUT2D eigenvalue weighted by molar-refractivity contribution is 0.119. The first kappa shape index (κ1) is 11.7. The van der Waals surface area contributed by atoms with Gasteiger partial charge in [-0.1, -0.05) is 19.3 Å². The lowest BCUT2D eigenvalue weighted by Gasteiger charge is -2.23. The van der Waals surface area contributed by atoms with Crippen molar-refractivity contribution < 1.29 is 4.74 Å². The molecular formula is C12H23N3O. The molecule has 4 heteroatoms. The Kier molecular flexibility index (Phi) is 4.04. The minimum atomic E-state index is 0.215. The van der Waals surface area contributed by atoms with Crippen LogP contribution >= 0.6 is 0 Å². The van der Waals surface area contributed by atoms with E-state index in [1.807, 2.05) is 0 Å². The van der Waals surface area contributed by atoms with Crippen LogP contribution in [0.15, 0.2) is 4.99 Å². The van der Waals surface area contributed by atoms with Gasteiger partial charge in [0.25, 0.3) is 0 Å². The molecule has 1 saturated carbocycles. The minimum Gasteiger partial charge on any atom is -0.376 e. The number of nitrogens with zero attached hydrogens (tertiary/aromatic N) is 1. The molecule has 2 unspecified atom stereocenters. The van der Waals surface area contributed by atoms with E-state index in [4.69, 9.17) is 10.5 Å². The molecule has 2 atom stereocenters. The fourth-order valence-electron chi connectivity index (χ4n) is 2.56. The van der Waals surface area contributed by atoms with Crippen molar-refractivity contribution in [3.8, 4) is 0 Å². The van der Waals surface area contributed by atoms with Crippen molar-refractivity contribution in [1.82, 2.24) is 5.32 Å². The lowest BCUT2D eigenvalue weighted by Crippen LogP contribution is -2.42. The molecule has 0 bridgehead atoms. The number of aliphatic imine (C=N–C) groups is 1. The standard InChI is InChI=1S/C12H23N3O/c1-9-11(7-8-16-9)15-12(13)14-10-5-3-2-4-6-10/h9-11H,2-8H2,1H3,(H3,13,14,15). The third kappa shape index (κ3) is 3.11. The van der Waals surface area contributed by atoms with E-state index in [0.717, 1.165) is 13.0 Å². The predicted octanol–water partition coefficient (Wildman–Crippen LogP) is 1.40. The second-order valence-corrected chi connectivity index (χ2v) is 4.93. The molecule has 1 aliphatic carbocycles. The van der Waals surface area contributed by atoms with Crippen LogP contribution < -0.4 is 11.1 Å². The molecule has 0 radical (unpaired) electrons. The molecule has 0 spiro atoms. The summed E-state index contributed by atoms with van der Waals surface area (Å²) in [6.45, 7) is 2.88. The average Bonchev–Trinajstić information content (AvgIpc) is 2.66. The summed E-state index contributed by atoms with van der Waals surface area (Å²) in [5, 5.41) is 3.34. The molecule has 0 aromatic rings. The SMILES string of the molecule is CC1OCCC1N=C(N)NC1CCCCC1. The van der Waals surface area contributed by atoms with E-state index in [1.165, 1.54) is 32.1 Å². The smallest absolute Gasteiger partial charge is 0.189 e. The average molecular weight is 225 g/mol. The molecule has 92 valence electrons. The van der Waals surface area contributed by atoms with Crippen LogP contribution in [0.2, 0.25) is 0 Å². The maximum atomic E-state index is 5.93. The maximum Gasteiger partial charge on any atom is 0.189 e. The Morgan fingerprint density at radius 2 is 2.00 bits per heavy atom. The summed E-state index contributed by atoms with van der Waals surface area (Å²) >= 11 is 0. The van der Waals surface area contributed by atoms with Gasteiger partial charge in [-0.3, -0.25) is 0 Å². The third-order valence-electron chi connectivity index (χ3n) is 3.60. The molecule has 2 rings (SSSR count). The third-order valence-corrected chi connectivity index (χ3v) is 3.60. The monoisotopic (exact) mass is 225 g/mol. The summed E-state index contributed by atoms with van der Waals surface area (Å²) < 4.78 is 5.47.